The molecule has 0 heterocycles. The van der Waals surface area contributed by atoms with E-state index in [1.54, 1.807) is 12.1 Å². The standard InChI is InChI=1S/C20H22FNO4/c1-13-5-4-6-14(2)19(13)25-12-18(23)26-15(3)20(24)22-11-16-7-9-17(21)10-8-16/h4-10,15H,11-12H2,1-3H3,(H,22,24)/t15-/m1/s1. The Morgan fingerprint density at radius 3 is 2.31 bits per heavy atom. The van der Waals surface area contributed by atoms with Crippen molar-refractivity contribution in [1.29, 1.82) is 0 Å². The van der Waals surface area contributed by atoms with Crippen LogP contribution in [0.4, 0.5) is 4.39 Å². The van der Waals surface area contributed by atoms with Gasteiger partial charge in [-0.1, -0.05) is 30.3 Å². The number of carbonyl (C=O) groups is 2. The molecule has 2 aromatic rings. The molecule has 6 heteroatoms. The number of nitrogens with one attached hydrogen (secondary N) is 1. The van der Waals surface area contributed by atoms with Gasteiger partial charge >= 0.3 is 5.97 Å². The van der Waals surface area contributed by atoms with Gasteiger partial charge in [-0.15, -0.1) is 0 Å². The number of ether oxygens (including phenoxy) is 2. The molecule has 0 aliphatic heterocycles. The van der Waals surface area contributed by atoms with Crippen molar-refractivity contribution in [3.8, 4) is 5.75 Å². The van der Waals surface area contributed by atoms with Crippen LogP contribution in [0.2, 0.25) is 0 Å². The molecule has 5 nitrogen and oxygen atoms in total. The quantitative estimate of drug-likeness (QED) is 0.772. The lowest BCUT2D eigenvalue weighted by Gasteiger charge is -2.15. The topological polar surface area (TPSA) is 64.6 Å². The first-order valence-corrected chi connectivity index (χ1v) is 8.27. The Morgan fingerprint density at radius 1 is 1.08 bits per heavy atom. The lowest BCUT2D eigenvalue weighted by molar-refractivity contribution is -0.156. The normalized spacial score (nSPS) is 11.5. The molecule has 1 N–H and O–H groups in total. The minimum Gasteiger partial charge on any atom is -0.481 e. The average Bonchev–Trinajstić information content (AvgIpc) is 2.60. The SMILES string of the molecule is Cc1cccc(C)c1OCC(=O)O[C@H](C)C(=O)NCc1ccc(F)cc1. The zero-order valence-corrected chi connectivity index (χ0v) is 15.0. The first-order valence-electron chi connectivity index (χ1n) is 8.27. The summed E-state index contributed by atoms with van der Waals surface area (Å²) in [5, 5.41) is 2.64. The van der Waals surface area contributed by atoms with Gasteiger partial charge in [0.1, 0.15) is 11.6 Å². The van der Waals surface area contributed by atoms with Crippen molar-refractivity contribution in [2.45, 2.75) is 33.4 Å². The van der Waals surface area contributed by atoms with Crippen LogP contribution in [0.3, 0.4) is 0 Å². The van der Waals surface area contributed by atoms with E-state index in [1.165, 1.54) is 19.1 Å². The summed E-state index contributed by atoms with van der Waals surface area (Å²) in [7, 11) is 0. The number of amides is 1. The van der Waals surface area contributed by atoms with Gasteiger partial charge in [0, 0.05) is 6.54 Å². The highest BCUT2D eigenvalue weighted by atomic mass is 19.1. The van der Waals surface area contributed by atoms with E-state index in [0.717, 1.165) is 16.7 Å². The van der Waals surface area contributed by atoms with Crippen molar-refractivity contribution >= 4 is 11.9 Å². The second kappa shape index (κ2) is 8.99. The van der Waals surface area contributed by atoms with E-state index in [9.17, 15) is 14.0 Å². The lowest BCUT2D eigenvalue weighted by atomic mass is 10.1. The van der Waals surface area contributed by atoms with Crippen molar-refractivity contribution in [1.82, 2.24) is 5.32 Å². The van der Waals surface area contributed by atoms with Crippen LogP contribution in [-0.2, 0) is 20.9 Å². The summed E-state index contributed by atoms with van der Waals surface area (Å²) in [6.07, 6.45) is -0.954. The fourth-order valence-electron chi connectivity index (χ4n) is 2.38. The fourth-order valence-corrected chi connectivity index (χ4v) is 2.38. The molecule has 0 aliphatic rings. The number of carbonyl (C=O) groups excluding carboxylic acids is 2. The molecule has 0 unspecified atom stereocenters. The lowest BCUT2D eigenvalue weighted by Crippen LogP contribution is -2.36. The van der Waals surface area contributed by atoms with Crippen LogP contribution in [-0.4, -0.2) is 24.6 Å². The number of hydrogen-bond acceptors (Lipinski definition) is 4. The summed E-state index contributed by atoms with van der Waals surface area (Å²) in [6.45, 7) is 5.20. The van der Waals surface area contributed by atoms with E-state index in [0.29, 0.717) is 5.75 Å². The second-order valence-corrected chi connectivity index (χ2v) is 5.99. The van der Waals surface area contributed by atoms with Gasteiger partial charge in [0.25, 0.3) is 5.91 Å². The Hall–Kier alpha value is -2.89. The van der Waals surface area contributed by atoms with Crippen LogP contribution in [0.1, 0.15) is 23.6 Å². The molecule has 0 fully saturated rings. The third-order valence-corrected chi connectivity index (χ3v) is 3.80. The van der Waals surface area contributed by atoms with Crippen molar-refractivity contribution in [2.75, 3.05) is 6.61 Å². The van der Waals surface area contributed by atoms with Crippen molar-refractivity contribution in [3.05, 3.63) is 65.0 Å². The van der Waals surface area contributed by atoms with Gasteiger partial charge in [-0.3, -0.25) is 4.79 Å². The van der Waals surface area contributed by atoms with Gasteiger partial charge in [0.05, 0.1) is 0 Å². The summed E-state index contributed by atoms with van der Waals surface area (Å²) in [5.41, 5.74) is 2.59. The van der Waals surface area contributed by atoms with E-state index in [1.807, 2.05) is 32.0 Å². The van der Waals surface area contributed by atoms with Gasteiger partial charge in [0.2, 0.25) is 0 Å². The molecule has 0 aliphatic carbocycles. The van der Waals surface area contributed by atoms with Crippen molar-refractivity contribution in [2.24, 2.45) is 0 Å². The van der Waals surface area contributed by atoms with E-state index in [2.05, 4.69) is 5.32 Å². The summed E-state index contributed by atoms with van der Waals surface area (Å²) in [6, 6.07) is 11.5. The summed E-state index contributed by atoms with van der Waals surface area (Å²) < 4.78 is 23.4. The van der Waals surface area contributed by atoms with Crippen LogP contribution in [0, 0.1) is 19.7 Å². The molecule has 1 amide bonds. The molecule has 0 radical (unpaired) electrons. The van der Waals surface area contributed by atoms with E-state index in [-0.39, 0.29) is 19.0 Å². The van der Waals surface area contributed by atoms with Crippen molar-refractivity contribution in [3.63, 3.8) is 0 Å². The highest BCUT2D eigenvalue weighted by molar-refractivity contribution is 5.83. The third-order valence-electron chi connectivity index (χ3n) is 3.80. The number of esters is 1. The van der Waals surface area contributed by atoms with Gasteiger partial charge in [-0.25, -0.2) is 9.18 Å². The summed E-state index contributed by atoms with van der Waals surface area (Å²) in [5.74, 6) is -0.768. The maximum absolute atomic E-state index is 12.8. The summed E-state index contributed by atoms with van der Waals surface area (Å²) in [4.78, 5) is 23.9. The van der Waals surface area contributed by atoms with Gasteiger partial charge < -0.3 is 14.8 Å². The predicted octanol–water partition coefficient (Wildman–Crippen LogP) is 3.07. The summed E-state index contributed by atoms with van der Waals surface area (Å²) >= 11 is 0. The maximum atomic E-state index is 12.8. The molecule has 0 bridgehead atoms. The minimum absolute atomic E-state index is 0.222. The zero-order valence-electron chi connectivity index (χ0n) is 15.0. The van der Waals surface area contributed by atoms with Crippen LogP contribution in [0.5, 0.6) is 5.75 Å². The maximum Gasteiger partial charge on any atom is 0.344 e. The molecule has 1 atom stereocenters. The number of para-hydroxylation sites is 1. The zero-order chi connectivity index (χ0) is 19.1. The fraction of sp³-hybridized carbons (Fsp3) is 0.300. The number of rotatable bonds is 7. The van der Waals surface area contributed by atoms with Crippen LogP contribution in [0.25, 0.3) is 0 Å². The smallest absolute Gasteiger partial charge is 0.344 e. The predicted molar refractivity (Wildman–Crippen MR) is 95.2 cm³/mol. The van der Waals surface area contributed by atoms with Crippen LogP contribution in [0.15, 0.2) is 42.5 Å². The molecular weight excluding hydrogens is 337 g/mol. The first-order chi connectivity index (χ1) is 12.4. The number of halogens is 1. The molecule has 0 spiro atoms. The molecule has 0 aromatic heterocycles. The number of hydrogen-bond donors (Lipinski definition) is 1. The Balaban J connectivity index is 1.78. The molecule has 2 rings (SSSR count). The minimum atomic E-state index is -0.954. The van der Waals surface area contributed by atoms with Crippen LogP contribution < -0.4 is 10.1 Å². The Bertz CT molecular complexity index is 754. The number of benzene rings is 2. The van der Waals surface area contributed by atoms with Gasteiger partial charge in [-0.2, -0.15) is 0 Å². The molecule has 138 valence electrons. The number of aryl methyl sites for hydroxylation is 2. The van der Waals surface area contributed by atoms with E-state index >= 15 is 0 Å². The van der Waals surface area contributed by atoms with E-state index in [4.69, 9.17) is 9.47 Å². The van der Waals surface area contributed by atoms with Crippen LogP contribution >= 0.6 is 0 Å². The Labute approximate surface area is 152 Å². The molecule has 26 heavy (non-hydrogen) atoms. The molecule has 0 saturated heterocycles. The largest absolute Gasteiger partial charge is 0.481 e. The van der Waals surface area contributed by atoms with Crippen molar-refractivity contribution < 1.29 is 23.5 Å². The highest BCUT2D eigenvalue weighted by Gasteiger charge is 2.18. The van der Waals surface area contributed by atoms with E-state index < -0.39 is 18.0 Å². The molecular formula is C20H22FNO4. The first kappa shape index (κ1) is 19.4. The second-order valence-electron chi connectivity index (χ2n) is 5.99. The Kier molecular flexibility index (Phi) is 6.72. The molecule has 2 aromatic carbocycles. The monoisotopic (exact) mass is 359 g/mol. The third kappa shape index (κ3) is 5.58. The van der Waals surface area contributed by atoms with Gasteiger partial charge in [-0.05, 0) is 49.6 Å². The highest BCUT2D eigenvalue weighted by Crippen LogP contribution is 2.22. The Morgan fingerprint density at radius 2 is 1.69 bits per heavy atom. The molecule has 0 saturated carbocycles. The van der Waals surface area contributed by atoms with Gasteiger partial charge in [0.15, 0.2) is 12.7 Å². The average molecular weight is 359 g/mol.